The van der Waals surface area contributed by atoms with Crippen LogP contribution in [-0.2, 0) is 9.53 Å². The Balaban J connectivity index is 1.69. The minimum atomic E-state index is -0.406. The van der Waals surface area contributed by atoms with E-state index in [2.05, 4.69) is 22.2 Å². The fourth-order valence-electron chi connectivity index (χ4n) is 3.21. The van der Waals surface area contributed by atoms with Gasteiger partial charge in [0, 0.05) is 50.1 Å². The van der Waals surface area contributed by atoms with E-state index in [-0.39, 0.29) is 5.91 Å². The summed E-state index contributed by atoms with van der Waals surface area (Å²) in [4.78, 5) is 29.7. The summed E-state index contributed by atoms with van der Waals surface area (Å²) in [5.41, 5.74) is 2.16. The smallest absolute Gasteiger partial charge is 0.341 e. The first-order chi connectivity index (χ1) is 13.6. The number of likely N-dealkylation sites (N-methyl/N-ethyl adjacent to an activating group) is 1. The molecule has 0 radical (unpaired) electrons. The Morgan fingerprint density at radius 3 is 2.54 bits per heavy atom. The van der Waals surface area contributed by atoms with Crippen LogP contribution in [0.2, 0.25) is 0 Å². The van der Waals surface area contributed by atoms with Crippen LogP contribution in [0.15, 0.2) is 35.7 Å². The van der Waals surface area contributed by atoms with Gasteiger partial charge in [0.25, 0.3) is 0 Å². The summed E-state index contributed by atoms with van der Waals surface area (Å²) in [5.74, 6) is -0.483. The second-order valence-electron chi connectivity index (χ2n) is 6.88. The number of hydrogen-bond donors (Lipinski definition) is 1. The van der Waals surface area contributed by atoms with Crippen molar-refractivity contribution in [3.8, 4) is 11.1 Å². The molecule has 2 aromatic rings. The van der Waals surface area contributed by atoms with Crippen LogP contribution in [0.5, 0.6) is 0 Å². The predicted molar refractivity (Wildman–Crippen MR) is 113 cm³/mol. The highest BCUT2D eigenvalue weighted by atomic mass is 32.1. The third-order valence-corrected chi connectivity index (χ3v) is 5.75. The molecule has 0 atom stereocenters. The minimum absolute atomic E-state index is 0.0778. The number of carbonyl (C=O) groups is 2. The Hall–Kier alpha value is -2.22. The zero-order valence-corrected chi connectivity index (χ0v) is 17.3. The number of benzene rings is 1. The number of piperazine rings is 1. The minimum Gasteiger partial charge on any atom is -0.462 e. The monoisotopic (exact) mass is 401 g/mol. The lowest BCUT2D eigenvalue weighted by molar-refractivity contribution is -0.116. The van der Waals surface area contributed by atoms with Gasteiger partial charge in [0.05, 0.1) is 6.61 Å². The Morgan fingerprint density at radius 2 is 1.86 bits per heavy atom. The molecule has 1 aromatic carbocycles. The lowest BCUT2D eigenvalue weighted by Gasteiger charge is -2.32. The molecule has 0 spiro atoms. The van der Waals surface area contributed by atoms with Crippen molar-refractivity contribution in [1.29, 1.82) is 0 Å². The molecule has 1 saturated heterocycles. The summed E-state index contributed by atoms with van der Waals surface area (Å²) in [5, 5.41) is 5.39. The molecule has 0 saturated carbocycles. The van der Waals surface area contributed by atoms with Crippen molar-refractivity contribution < 1.29 is 14.3 Å². The van der Waals surface area contributed by atoms with Crippen LogP contribution >= 0.6 is 11.3 Å². The number of amides is 1. The van der Waals surface area contributed by atoms with E-state index in [1.165, 1.54) is 11.3 Å². The van der Waals surface area contributed by atoms with Gasteiger partial charge in [0.15, 0.2) is 0 Å². The second-order valence-corrected chi connectivity index (χ2v) is 7.76. The van der Waals surface area contributed by atoms with Gasteiger partial charge in [0.2, 0.25) is 5.91 Å². The van der Waals surface area contributed by atoms with Crippen LogP contribution in [0.1, 0.15) is 23.7 Å². The molecule has 150 valence electrons. The third kappa shape index (κ3) is 5.19. The van der Waals surface area contributed by atoms with Crippen LogP contribution < -0.4 is 5.32 Å². The zero-order valence-electron chi connectivity index (χ0n) is 16.4. The normalized spacial score (nSPS) is 15.4. The van der Waals surface area contributed by atoms with Gasteiger partial charge in [-0.15, -0.1) is 11.3 Å². The summed E-state index contributed by atoms with van der Waals surface area (Å²) in [7, 11) is 2.11. The Morgan fingerprint density at radius 1 is 1.14 bits per heavy atom. The molecule has 1 fully saturated rings. The van der Waals surface area contributed by atoms with E-state index in [0.717, 1.165) is 43.9 Å². The summed E-state index contributed by atoms with van der Waals surface area (Å²) in [6, 6.07) is 9.68. The molecular formula is C21H27N3O3S. The quantitative estimate of drug-likeness (QED) is 0.722. The molecule has 1 amide bonds. The average Bonchev–Trinajstić information content (AvgIpc) is 3.12. The molecule has 0 unspecified atom stereocenters. The van der Waals surface area contributed by atoms with Crippen molar-refractivity contribution in [2.75, 3.05) is 51.7 Å². The molecule has 6 nitrogen and oxygen atoms in total. The van der Waals surface area contributed by atoms with Crippen LogP contribution in [0.4, 0.5) is 5.00 Å². The first-order valence-electron chi connectivity index (χ1n) is 9.63. The van der Waals surface area contributed by atoms with Crippen molar-refractivity contribution in [3.05, 3.63) is 41.3 Å². The second kappa shape index (κ2) is 9.82. The van der Waals surface area contributed by atoms with Gasteiger partial charge in [-0.25, -0.2) is 4.79 Å². The number of hydrogen-bond acceptors (Lipinski definition) is 6. The largest absolute Gasteiger partial charge is 0.462 e. The van der Waals surface area contributed by atoms with Crippen LogP contribution in [0.25, 0.3) is 11.1 Å². The number of anilines is 1. The van der Waals surface area contributed by atoms with Crippen LogP contribution in [-0.4, -0.2) is 68.1 Å². The van der Waals surface area contributed by atoms with Gasteiger partial charge >= 0.3 is 5.97 Å². The van der Waals surface area contributed by atoms with Crippen molar-refractivity contribution in [1.82, 2.24) is 9.80 Å². The fraction of sp³-hybridized carbons (Fsp3) is 0.429. The highest BCUT2D eigenvalue weighted by Crippen LogP contribution is 2.36. The van der Waals surface area contributed by atoms with E-state index in [1.54, 1.807) is 6.92 Å². The maximum Gasteiger partial charge on any atom is 0.341 e. The molecule has 0 bridgehead atoms. The standard InChI is InChI=1S/C21H27N3O3S/c1-3-27-21(26)19-17(16-7-5-4-6-8-16)15-28-20(19)22-18(25)9-10-24-13-11-23(2)12-14-24/h4-8,15H,3,9-14H2,1-2H3,(H,22,25). The molecule has 1 N–H and O–H groups in total. The van der Waals surface area contributed by atoms with Gasteiger partial charge in [0.1, 0.15) is 10.6 Å². The van der Waals surface area contributed by atoms with Crippen molar-refractivity contribution >= 4 is 28.2 Å². The van der Waals surface area contributed by atoms with Crippen LogP contribution in [0.3, 0.4) is 0 Å². The zero-order chi connectivity index (χ0) is 19.9. The summed E-state index contributed by atoms with van der Waals surface area (Å²) in [6.07, 6.45) is 0.407. The lowest BCUT2D eigenvalue weighted by Crippen LogP contribution is -2.45. The Bertz CT molecular complexity index is 798. The van der Waals surface area contributed by atoms with Gasteiger partial charge in [-0.2, -0.15) is 0 Å². The van der Waals surface area contributed by atoms with Gasteiger partial charge in [-0.05, 0) is 19.5 Å². The Kier molecular flexibility index (Phi) is 7.19. The highest BCUT2D eigenvalue weighted by Gasteiger charge is 2.23. The SMILES string of the molecule is CCOC(=O)c1c(-c2ccccc2)csc1NC(=O)CCN1CCN(C)CC1. The van der Waals surface area contributed by atoms with Crippen molar-refractivity contribution in [2.45, 2.75) is 13.3 Å². The van der Waals surface area contributed by atoms with Crippen molar-refractivity contribution in [3.63, 3.8) is 0 Å². The highest BCUT2D eigenvalue weighted by molar-refractivity contribution is 7.15. The van der Waals surface area contributed by atoms with Crippen molar-refractivity contribution in [2.24, 2.45) is 0 Å². The number of nitrogens with one attached hydrogen (secondary N) is 1. The van der Waals surface area contributed by atoms with E-state index in [1.807, 2.05) is 35.7 Å². The molecule has 7 heteroatoms. The molecule has 0 aliphatic carbocycles. The first kappa shape index (κ1) is 20.5. The number of rotatable bonds is 7. The summed E-state index contributed by atoms with van der Waals surface area (Å²) in [6.45, 7) is 6.82. The van der Waals surface area contributed by atoms with E-state index in [9.17, 15) is 9.59 Å². The number of carbonyl (C=O) groups excluding carboxylic acids is 2. The van der Waals surface area contributed by atoms with E-state index < -0.39 is 5.97 Å². The number of thiophene rings is 1. The van der Waals surface area contributed by atoms with E-state index >= 15 is 0 Å². The summed E-state index contributed by atoms with van der Waals surface area (Å²) >= 11 is 1.36. The maximum absolute atomic E-state index is 12.6. The van der Waals surface area contributed by atoms with E-state index in [0.29, 0.717) is 23.6 Å². The number of ether oxygens (including phenoxy) is 1. The lowest BCUT2D eigenvalue weighted by atomic mass is 10.0. The first-order valence-corrected chi connectivity index (χ1v) is 10.5. The molecule has 3 rings (SSSR count). The van der Waals surface area contributed by atoms with Gasteiger partial charge < -0.3 is 19.9 Å². The number of nitrogens with zero attached hydrogens (tertiary/aromatic N) is 2. The molecule has 1 aromatic heterocycles. The molecule has 2 heterocycles. The van der Waals surface area contributed by atoms with Gasteiger partial charge in [-0.3, -0.25) is 4.79 Å². The molecule has 1 aliphatic heterocycles. The van der Waals surface area contributed by atoms with Crippen LogP contribution in [0, 0.1) is 0 Å². The fourth-order valence-corrected chi connectivity index (χ4v) is 4.18. The molecular weight excluding hydrogens is 374 g/mol. The maximum atomic E-state index is 12.6. The molecule has 28 heavy (non-hydrogen) atoms. The average molecular weight is 402 g/mol. The third-order valence-electron chi connectivity index (χ3n) is 4.86. The van der Waals surface area contributed by atoms with E-state index in [4.69, 9.17) is 4.74 Å². The molecule has 1 aliphatic rings. The summed E-state index contributed by atoms with van der Waals surface area (Å²) < 4.78 is 5.24. The topological polar surface area (TPSA) is 61.9 Å². The number of esters is 1. The van der Waals surface area contributed by atoms with Gasteiger partial charge in [-0.1, -0.05) is 30.3 Å². The Labute approximate surface area is 170 Å². The predicted octanol–water partition coefficient (Wildman–Crippen LogP) is 3.17.